The quantitative estimate of drug-likeness (QED) is 0.0763. The van der Waals surface area contributed by atoms with Gasteiger partial charge in [-0.1, -0.05) is 82.5 Å². The molecule has 24 nitrogen and oxygen atoms in total. The normalized spacial score (nSPS) is 25.3. The van der Waals surface area contributed by atoms with Gasteiger partial charge >= 0.3 is 0 Å². The molecule has 0 bridgehead atoms. The molecule has 0 saturated heterocycles. The number of hydrazine groups is 1. The molecule has 3 aromatic rings. The summed E-state index contributed by atoms with van der Waals surface area (Å²) in [5.74, 6) is -9.31. The number of Topliss-reactive ketones (excluding diaryl/α,β-unsaturated/α-hetero) is 3. The molecule has 24 heteroatoms. The van der Waals surface area contributed by atoms with E-state index in [2.05, 4.69) is 47.7 Å². The summed E-state index contributed by atoms with van der Waals surface area (Å²) in [6.45, 7) is 10.1. The van der Waals surface area contributed by atoms with Crippen LogP contribution in [0.25, 0.3) is 10.9 Å². The van der Waals surface area contributed by atoms with Gasteiger partial charge in [0.25, 0.3) is 0 Å². The molecule has 2 unspecified atom stereocenters. The van der Waals surface area contributed by atoms with E-state index in [-0.39, 0.29) is 49.6 Å². The minimum Gasteiger partial charge on any atom is -0.508 e. The van der Waals surface area contributed by atoms with Gasteiger partial charge in [-0.05, 0) is 114 Å². The molecule has 2 heterocycles. The number of H-pyrrole nitrogens is 1. The van der Waals surface area contributed by atoms with Crippen molar-refractivity contribution in [1.82, 2.24) is 47.7 Å². The molecule has 0 spiro atoms. The van der Waals surface area contributed by atoms with E-state index in [1.165, 1.54) is 39.8 Å². The first-order valence-corrected chi connectivity index (χ1v) is 28.8. The summed E-state index contributed by atoms with van der Waals surface area (Å²) in [5, 5.41) is 36.4. The largest absolute Gasteiger partial charge is 0.508 e. The molecular formula is C60H87N11O13. The van der Waals surface area contributed by atoms with Gasteiger partial charge in [0.2, 0.25) is 58.8 Å². The highest BCUT2D eigenvalue weighted by atomic mass is 16.3. The number of ketones is 3. The molecule has 0 aliphatic carbocycles. The van der Waals surface area contributed by atoms with Gasteiger partial charge in [-0.3, -0.25) is 52.7 Å². The number of rotatable bonds is 15. The van der Waals surface area contributed by atoms with E-state index in [1.54, 1.807) is 57.3 Å². The Morgan fingerprint density at radius 2 is 1.29 bits per heavy atom. The van der Waals surface area contributed by atoms with Gasteiger partial charge in [-0.15, -0.1) is 0 Å². The molecule has 15 N–H and O–H groups in total. The summed E-state index contributed by atoms with van der Waals surface area (Å²) in [5.41, 5.74) is 15.7. The minimum absolute atomic E-state index is 0.0241. The summed E-state index contributed by atoms with van der Waals surface area (Å²) in [6.07, 6.45) is 9.31. The smallest absolute Gasteiger partial charge is 0.243 e. The fourth-order valence-electron chi connectivity index (χ4n) is 9.87. The SMILES string of the molecule is CC(=O)C[C@]1(C)CCCCCCC=CCCC[C@@](C)(C(=O)N[C@@H](CO)C(N)=O)NN[C@@H](CC(C)C)C(=O)C(=O)[C@H](CCC(N)=O)NC(=O)C(C)NC(=O)[C@H](Cc2c[nH]c3ccccc23)NC(=O)[C@H](Cc2ccc(O)cc2)NC(=O)C(C)NC1=O. The number of carbonyl (C=O) groups is 11. The van der Waals surface area contributed by atoms with Crippen LogP contribution in [0.4, 0.5) is 0 Å². The molecule has 460 valence electrons. The molecule has 1 aromatic heterocycles. The number of hydrogen-bond acceptors (Lipinski definition) is 15. The lowest BCUT2D eigenvalue weighted by atomic mass is 9.79. The zero-order chi connectivity index (χ0) is 62.3. The number of phenolic OH excluding ortho intramolecular Hbond substituents is 1. The highest BCUT2D eigenvalue weighted by Gasteiger charge is 2.40. The number of aliphatic hydroxyl groups is 1. The van der Waals surface area contributed by atoms with Gasteiger partial charge in [-0.2, -0.15) is 0 Å². The van der Waals surface area contributed by atoms with Crippen LogP contribution in [0.5, 0.6) is 5.75 Å². The Labute approximate surface area is 490 Å². The fraction of sp³-hybridized carbons (Fsp3) is 0.550. The Balaban J connectivity index is 1.76. The first-order chi connectivity index (χ1) is 39.7. The zero-order valence-corrected chi connectivity index (χ0v) is 49.3. The van der Waals surface area contributed by atoms with Crippen molar-refractivity contribution in [1.29, 1.82) is 0 Å². The molecule has 0 saturated carbocycles. The molecule has 9 atom stereocenters. The number of phenols is 1. The fourth-order valence-corrected chi connectivity index (χ4v) is 9.87. The second kappa shape index (κ2) is 32.9. The Bertz CT molecular complexity index is 2840. The molecule has 1 aliphatic rings. The van der Waals surface area contributed by atoms with Gasteiger partial charge in [-0.25, -0.2) is 10.9 Å². The number of nitrogens with one attached hydrogen (secondary N) is 9. The van der Waals surface area contributed by atoms with Crippen molar-refractivity contribution >= 4 is 75.5 Å². The number of primary amides is 2. The number of aromatic hydroxyl groups is 1. The van der Waals surface area contributed by atoms with E-state index in [4.69, 9.17) is 11.5 Å². The maximum Gasteiger partial charge on any atom is 0.243 e. The predicted octanol–water partition coefficient (Wildman–Crippen LogP) is 1.82. The van der Waals surface area contributed by atoms with Crippen LogP contribution in [0, 0.1) is 11.3 Å². The highest BCUT2D eigenvalue weighted by molar-refractivity contribution is 6.41. The lowest BCUT2D eigenvalue weighted by molar-refractivity contribution is -0.141. The first kappa shape index (κ1) is 68.7. The molecule has 8 amide bonds. The van der Waals surface area contributed by atoms with E-state index in [0.717, 1.165) is 19.3 Å². The molecule has 2 aromatic carbocycles. The summed E-state index contributed by atoms with van der Waals surface area (Å²) >= 11 is 0. The van der Waals surface area contributed by atoms with Crippen molar-refractivity contribution in [2.45, 2.75) is 193 Å². The Hall–Kier alpha value is -7.83. The summed E-state index contributed by atoms with van der Waals surface area (Å²) in [7, 11) is 0. The second-order valence-electron chi connectivity index (χ2n) is 22.9. The van der Waals surface area contributed by atoms with Crippen LogP contribution in [-0.2, 0) is 65.6 Å². The van der Waals surface area contributed by atoms with Gasteiger partial charge < -0.3 is 58.6 Å². The lowest BCUT2D eigenvalue weighted by Crippen LogP contribution is -2.65. The van der Waals surface area contributed by atoms with Crippen molar-refractivity contribution in [3.05, 3.63) is 78.0 Å². The summed E-state index contributed by atoms with van der Waals surface area (Å²) < 4.78 is 0. The molecule has 0 radical (unpaired) electrons. The van der Waals surface area contributed by atoms with Gasteiger partial charge in [0.05, 0.1) is 24.1 Å². The number of benzene rings is 2. The molecule has 0 fully saturated rings. The topological polar surface area (TPSA) is 392 Å². The third-order valence-corrected chi connectivity index (χ3v) is 14.9. The number of para-hydroxylation sites is 1. The Kier molecular flexibility index (Phi) is 26.9. The number of allylic oxidation sites excluding steroid dienone is 2. The van der Waals surface area contributed by atoms with Crippen LogP contribution in [0.3, 0.4) is 0 Å². The number of amides is 8. The van der Waals surface area contributed by atoms with E-state index in [0.29, 0.717) is 54.1 Å². The van der Waals surface area contributed by atoms with Gasteiger partial charge in [0.1, 0.15) is 47.3 Å². The van der Waals surface area contributed by atoms with Crippen molar-refractivity contribution in [2.75, 3.05) is 6.61 Å². The van der Waals surface area contributed by atoms with Crippen molar-refractivity contribution in [3.8, 4) is 5.75 Å². The monoisotopic (exact) mass is 1170 g/mol. The number of aromatic amines is 1. The third-order valence-electron chi connectivity index (χ3n) is 14.9. The number of fused-ring (bicyclic) bond motifs is 1. The van der Waals surface area contributed by atoms with Crippen LogP contribution < -0.4 is 54.2 Å². The summed E-state index contributed by atoms with van der Waals surface area (Å²) in [4.78, 5) is 154. The van der Waals surface area contributed by atoms with Gasteiger partial charge in [0.15, 0.2) is 0 Å². The number of aromatic nitrogens is 1. The number of nitrogens with two attached hydrogens (primary N) is 2. The second-order valence-corrected chi connectivity index (χ2v) is 22.9. The van der Waals surface area contributed by atoms with Crippen molar-refractivity contribution in [2.24, 2.45) is 22.8 Å². The average Bonchev–Trinajstić information content (AvgIpc) is 3.98. The van der Waals surface area contributed by atoms with E-state index in [9.17, 15) is 63.0 Å². The zero-order valence-electron chi connectivity index (χ0n) is 49.3. The number of hydrogen-bond donors (Lipinski definition) is 13. The van der Waals surface area contributed by atoms with Crippen molar-refractivity contribution in [3.63, 3.8) is 0 Å². The minimum atomic E-state index is -1.66. The standard InChI is InChI=1S/C60H87N11O13/c1-35(2)29-45-51(77)50(76)44(25-26-49(61)75)66-53(79)37(4)64-55(81)47(31-40-33-63-43-20-16-15-19-42(40)43)68-56(82)46(30-39-21-23-41(74)24-22-39)67-54(80)38(5)65-57(83)59(6,32-36(3)73)27-17-13-11-9-8-10-12-14-18-28-60(7,71-70-45)58(84)69-48(34-72)52(62)78/h10,12,15-16,19-24,33,35,37-38,44-48,63,70-72,74H,8-9,11,13-14,17-18,25-32,34H2,1-7H3,(H2,61,75)(H2,62,78)(H,64,81)(H,65,83)(H,66,79)(H,67,80)(H,68,82)(H,69,84)/t37?,38?,44-,45-,46-,47-,48-,59-,60-/m0/s1. The van der Waals surface area contributed by atoms with E-state index < -0.39 is 132 Å². The molecular weight excluding hydrogens is 1080 g/mol. The van der Waals surface area contributed by atoms with E-state index >= 15 is 0 Å². The summed E-state index contributed by atoms with van der Waals surface area (Å²) in [6, 6.07) is 3.08. The average molecular weight is 1170 g/mol. The van der Waals surface area contributed by atoms with Crippen LogP contribution >= 0.6 is 0 Å². The van der Waals surface area contributed by atoms with Crippen LogP contribution in [0.1, 0.15) is 143 Å². The van der Waals surface area contributed by atoms with Crippen LogP contribution in [-0.4, -0.2) is 134 Å². The maximum atomic E-state index is 14.7. The van der Waals surface area contributed by atoms with Gasteiger partial charge in [0, 0.05) is 42.8 Å². The maximum absolute atomic E-state index is 14.7. The molecule has 4 rings (SSSR count). The lowest BCUT2D eigenvalue weighted by Gasteiger charge is -2.33. The molecule has 1 aliphatic heterocycles. The first-order valence-electron chi connectivity index (χ1n) is 28.8. The highest BCUT2D eigenvalue weighted by Crippen LogP contribution is 2.30. The Morgan fingerprint density at radius 3 is 1.92 bits per heavy atom. The Morgan fingerprint density at radius 1 is 0.702 bits per heavy atom. The predicted molar refractivity (Wildman–Crippen MR) is 313 cm³/mol. The number of carbonyl (C=O) groups excluding carboxylic acids is 11. The van der Waals surface area contributed by atoms with Crippen molar-refractivity contribution < 1.29 is 63.0 Å². The molecule has 84 heavy (non-hydrogen) atoms. The van der Waals surface area contributed by atoms with E-state index in [1.807, 2.05) is 18.2 Å². The van der Waals surface area contributed by atoms with Crippen LogP contribution in [0.15, 0.2) is 66.9 Å². The number of aliphatic hydroxyl groups excluding tert-OH is 1. The van der Waals surface area contributed by atoms with Crippen LogP contribution in [0.2, 0.25) is 0 Å². The third kappa shape index (κ3) is 21.4.